The Hall–Kier alpha value is -1.54. The maximum absolute atomic E-state index is 11.7. The number of nitrogens with one attached hydrogen (secondary N) is 3. The van der Waals surface area contributed by atoms with Crippen LogP contribution in [0.4, 0.5) is 5.69 Å². The lowest BCUT2D eigenvalue weighted by molar-refractivity contribution is 0.0940. The van der Waals surface area contributed by atoms with Gasteiger partial charge in [0.1, 0.15) is 5.69 Å². The Balaban J connectivity index is 2.57. The van der Waals surface area contributed by atoms with Crippen LogP contribution in [0.15, 0.2) is 12.3 Å². The van der Waals surface area contributed by atoms with Crippen molar-refractivity contribution in [3.05, 3.63) is 18.0 Å². The molecule has 1 rings (SSSR count). The Morgan fingerprint density at radius 2 is 2.11 bits per heavy atom. The molecule has 0 aliphatic carbocycles. The highest BCUT2D eigenvalue weighted by molar-refractivity contribution is 7.88. The Bertz CT molecular complexity index is 533. The normalized spacial score (nSPS) is 12.4. The van der Waals surface area contributed by atoms with Crippen LogP contribution in [0, 0.1) is 0 Å². The first-order valence-corrected chi connectivity index (χ1v) is 7.19. The summed E-state index contributed by atoms with van der Waals surface area (Å²) in [7, 11) is -3.32. The second kappa shape index (κ2) is 4.99. The standard InChI is InChI=1S/C10H18N4O3S/c1-10(2,14-18(3,16)17)6-13-9(15)8-4-7(11)5-12-8/h4-5,12,14H,6,11H2,1-3H3,(H,13,15). The monoisotopic (exact) mass is 274 g/mol. The predicted molar refractivity (Wildman–Crippen MR) is 69.6 cm³/mol. The van der Waals surface area contributed by atoms with Crippen molar-refractivity contribution in [2.75, 3.05) is 18.5 Å². The van der Waals surface area contributed by atoms with Crippen LogP contribution >= 0.6 is 0 Å². The van der Waals surface area contributed by atoms with Crippen molar-refractivity contribution in [1.82, 2.24) is 15.0 Å². The summed E-state index contributed by atoms with van der Waals surface area (Å²) < 4.78 is 24.7. The highest BCUT2D eigenvalue weighted by Crippen LogP contribution is 2.06. The molecule has 0 unspecified atom stereocenters. The first kappa shape index (κ1) is 14.5. The molecule has 1 aromatic rings. The van der Waals surface area contributed by atoms with E-state index in [1.165, 1.54) is 12.3 Å². The van der Waals surface area contributed by atoms with Gasteiger partial charge < -0.3 is 16.0 Å². The third kappa shape index (κ3) is 4.76. The highest BCUT2D eigenvalue weighted by Gasteiger charge is 2.23. The van der Waals surface area contributed by atoms with Crippen molar-refractivity contribution in [3.63, 3.8) is 0 Å². The molecule has 1 heterocycles. The molecule has 0 aromatic carbocycles. The molecule has 0 fully saturated rings. The van der Waals surface area contributed by atoms with Gasteiger partial charge >= 0.3 is 0 Å². The Morgan fingerprint density at radius 3 is 2.56 bits per heavy atom. The molecule has 0 saturated carbocycles. The Kier molecular flexibility index (Phi) is 4.02. The van der Waals surface area contributed by atoms with Gasteiger partial charge in [-0.15, -0.1) is 0 Å². The molecular weight excluding hydrogens is 256 g/mol. The van der Waals surface area contributed by atoms with Gasteiger partial charge in [-0.1, -0.05) is 0 Å². The summed E-state index contributed by atoms with van der Waals surface area (Å²) in [6, 6.07) is 1.51. The molecule has 102 valence electrons. The van der Waals surface area contributed by atoms with Crippen LogP contribution in [-0.4, -0.2) is 37.6 Å². The van der Waals surface area contributed by atoms with Crippen molar-refractivity contribution in [2.24, 2.45) is 0 Å². The van der Waals surface area contributed by atoms with Crippen LogP contribution < -0.4 is 15.8 Å². The van der Waals surface area contributed by atoms with E-state index in [-0.39, 0.29) is 12.5 Å². The molecule has 7 nitrogen and oxygen atoms in total. The van der Waals surface area contributed by atoms with Gasteiger partial charge in [0, 0.05) is 24.0 Å². The van der Waals surface area contributed by atoms with Crippen molar-refractivity contribution >= 4 is 21.6 Å². The predicted octanol–water partition coefficient (Wildman–Crippen LogP) is -0.345. The maximum atomic E-state index is 11.7. The van der Waals surface area contributed by atoms with Gasteiger partial charge in [0.2, 0.25) is 10.0 Å². The van der Waals surface area contributed by atoms with Gasteiger partial charge in [-0.25, -0.2) is 13.1 Å². The molecule has 0 aliphatic rings. The summed E-state index contributed by atoms with van der Waals surface area (Å²) in [5.41, 5.74) is 5.52. The number of nitrogen functional groups attached to an aromatic ring is 1. The van der Waals surface area contributed by atoms with Crippen LogP contribution in [0.2, 0.25) is 0 Å². The summed E-state index contributed by atoms with van der Waals surface area (Å²) in [4.78, 5) is 14.4. The topological polar surface area (TPSA) is 117 Å². The van der Waals surface area contributed by atoms with E-state index in [0.29, 0.717) is 11.4 Å². The lowest BCUT2D eigenvalue weighted by Crippen LogP contribution is -2.51. The average Bonchev–Trinajstić information content (AvgIpc) is 2.57. The number of aromatic amines is 1. The van der Waals surface area contributed by atoms with E-state index in [9.17, 15) is 13.2 Å². The van der Waals surface area contributed by atoms with Crippen molar-refractivity contribution in [2.45, 2.75) is 19.4 Å². The number of amides is 1. The SMILES string of the molecule is CC(C)(CNC(=O)c1cc(N)c[nH]1)NS(C)(=O)=O. The van der Waals surface area contributed by atoms with Crippen molar-refractivity contribution in [3.8, 4) is 0 Å². The van der Waals surface area contributed by atoms with Crippen LogP contribution in [-0.2, 0) is 10.0 Å². The fraction of sp³-hybridized carbons (Fsp3) is 0.500. The van der Waals surface area contributed by atoms with Crippen LogP contribution in [0.25, 0.3) is 0 Å². The number of carbonyl (C=O) groups excluding carboxylic acids is 1. The van der Waals surface area contributed by atoms with Crippen LogP contribution in [0.3, 0.4) is 0 Å². The zero-order chi connectivity index (χ0) is 14.0. The molecule has 18 heavy (non-hydrogen) atoms. The summed E-state index contributed by atoms with van der Waals surface area (Å²) in [6.07, 6.45) is 2.58. The fourth-order valence-electron chi connectivity index (χ4n) is 1.48. The van der Waals surface area contributed by atoms with Gasteiger partial charge in [0.15, 0.2) is 0 Å². The minimum atomic E-state index is -3.32. The van der Waals surface area contributed by atoms with Crippen LogP contribution in [0.5, 0.6) is 0 Å². The number of aromatic nitrogens is 1. The maximum Gasteiger partial charge on any atom is 0.267 e. The van der Waals surface area contributed by atoms with Crippen LogP contribution in [0.1, 0.15) is 24.3 Å². The molecule has 0 spiro atoms. The number of rotatable bonds is 5. The van der Waals surface area contributed by atoms with E-state index in [4.69, 9.17) is 5.73 Å². The summed E-state index contributed by atoms with van der Waals surface area (Å²) in [5.74, 6) is -0.338. The number of hydrogen-bond acceptors (Lipinski definition) is 4. The first-order valence-electron chi connectivity index (χ1n) is 5.30. The third-order valence-electron chi connectivity index (χ3n) is 2.10. The molecule has 8 heteroatoms. The highest BCUT2D eigenvalue weighted by atomic mass is 32.2. The molecule has 0 bridgehead atoms. The molecular formula is C10H18N4O3S. The molecule has 0 aliphatic heterocycles. The quantitative estimate of drug-likeness (QED) is 0.587. The number of carbonyl (C=O) groups is 1. The lowest BCUT2D eigenvalue weighted by atomic mass is 10.1. The summed E-state index contributed by atoms with van der Waals surface area (Å²) in [5, 5.41) is 2.62. The number of hydrogen-bond donors (Lipinski definition) is 4. The molecule has 0 saturated heterocycles. The second-order valence-corrected chi connectivity index (χ2v) is 6.54. The second-order valence-electron chi connectivity index (χ2n) is 4.79. The third-order valence-corrected chi connectivity index (χ3v) is 3.03. The van der Waals surface area contributed by atoms with Gasteiger partial charge in [0.05, 0.1) is 6.26 Å². The van der Waals surface area contributed by atoms with Crippen molar-refractivity contribution in [1.29, 1.82) is 0 Å². The van der Waals surface area contributed by atoms with Gasteiger partial charge in [-0.2, -0.15) is 0 Å². The molecule has 5 N–H and O–H groups in total. The van der Waals surface area contributed by atoms with Gasteiger partial charge in [-0.05, 0) is 19.9 Å². The number of H-pyrrole nitrogens is 1. The zero-order valence-electron chi connectivity index (χ0n) is 10.6. The zero-order valence-corrected chi connectivity index (χ0v) is 11.4. The minimum absolute atomic E-state index is 0.165. The number of nitrogens with two attached hydrogens (primary N) is 1. The summed E-state index contributed by atoms with van der Waals surface area (Å²) >= 11 is 0. The molecule has 1 aromatic heterocycles. The van der Waals surface area contributed by atoms with E-state index in [2.05, 4.69) is 15.0 Å². The molecule has 1 amide bonds. The fourth-order valence-corrected chi connectivity index (χ4v) is 2.55. The van der Waals surface area contributed by atoms with E-state index >= 15 is 0 Å². The van der Waals surface area contributed by atoms with E-state index in [0.717, 1.165) is 6.26 Å². The Morgan fingerprint density at radius 1 is 1.50 bits per heavy atom. The number of anilines is 1. The largest absolute Gasteiger partial charge is 0.397 e. The summed E-state index contributed by atoms with van der Waals surface area (Å²) in [6.45, 7) is 3.52. The van der Waals surface area contributed by atoms with Gasteiger partial charge in [-0.3, -0.25) is 4.79 Å². The minimum Gasteiger partial charge on any atom is -0.397 e. The average molecular weight is 274 g/mol. The van der Waals surface area contributed by atoms with E-state index in [1.807, 2.05) is 0 Å². The molecule has 0 atom stereocenters. The van der Waals surface area contributed by atoms with Gasteiger partial charge in [0.25, 0.3) is 5.91 Å². The smallest absolute Gasteiger partial charge is 0.267 e. The number of sulfonamides is 1. The lowest BCUT2D eigenvalue weighted by Gasteiger charge is -2.25. The Labute approximate surface area is 106 Å². The van der Waals surface area contributed by atoms with E-state index < -0.39 is 15.6 Å². The first-order chi connectivity index (χ1) is 8.09. The molecule has 0 radical (unpaired) electrons. The van der Waals surface area contributed by atoms with Crippen molar-refractivity contribution < 1.29 is 13.2 Å². The van der Waals surface area contributed by atoms with E-state index in [1.54, 1.807) is 13.8 Å².